The number of hydrogen-bond donors (Lipinski definition) is 0. The van der Waals surface area contributed by atoms with Crippen LogP contribution in [0.5, 0.6) is 0 Å². The lowest BCUT2D eigenvalue weighted by molar-refractivity contribution is 0.681. The van der Waals surface area contributed by atoms with Crippen molar-refractivity contribution < 1.29 is 0 Å². The van der Waals surface area contributed by atoms with Crippen LogP contribution < -0.4 is 0 Å². The molecule has 0 saturated heterocycles. The Morgan fingerprint density at radius 2 is 1.03 bits per heavy atom. The molecule has 0 spiro atoms. The Labute approximate surface area is 189 Å². The van der Waals surface area contributed by atoms with Crippen molar-refractivity contribution in [2.45, 2.75) is 11.8 Å². The number of allylic oxidation sites excluding steroid dienone is 4. The monoisotopic (exact) mass is 408 g/mol. The van der Waals surface area contributed by atoms with Gasteiger partial charge in [-0.3, -0.25) is 0 Å². The third-order valence-electron chi connectivity index (χ3n) is 6.87. The summed E-state index contributed by atoms with van der Waals surface area (Å²) in [6, 6.07) is 42.0. The molecule has 0 heterocycles. The van der Waals surface area contributed by atoms with E-state index in [0.29, 0.717) is 0 Å². The fourth-order valence-corrected chi connectivity index (χ4v) is 5.47. The van der Waals surface area contributed by atoms with Crippen LogP contribution in [0.2, 0.25) is 0 Å². The zero-order chi connectivity index (χ0) is 21.4. The molecule has 1 aliphatic carbocycles. The van der Waals surface area contributed by atoms with Gasteiger partial charge in [0.25, 0.3) is 0 Å². The van der Waals surface area contributed by atoms with Gasteiger partial charge in [-0.25, -0.2) is 0 Å². The summed E-state index contributed by atoms with van der Waals surface area (Å²) in [7, 11) is 0. The highest BCUT2D eigenvalue weighted by molar-refractivity contribution is 5.97. The molecular weight excluding hydrogens is 384 g/mol. The minimum atomic E-state index is -0.280. The summed E-state index contributed by atoms with van der Waals surface area (Å²) in [6.45, 7) is 0. The molecule has 0 saturated carbocycles. The normalized spacial score (nSPS) is 15.1. The van der Waals surface area contributed by atoms with Crippen LogP contribution in [0.1, 0.15) is 23.1 Å². The van der Waals surface area contributed by atoms with Gasteiger partial charge < -0.3 is 0 Å². The van der Waals surface area contributed by atoms with Crippen molar-refractivity contribution in [3.63, 3.8) is 0 Å². The van der Waals surface area contributed by atoms with Gasteiger partial charge in [0.15, 0.2) is 0 Å². The van der Waals surface area contributed by atoms with Crippen LogP contribution in [0, 0.1) is 0 Å². The number of fused-ring (bicyclic) bond motifs is 2. The standard InChI is InChI=1S/C32H24/c1-2-14-26(15-3-1)29-20-8-9-23-32(29,30-21-10-16-24-12-4-6-18-27(24)30)31-22-11-17-25-13-5-7-19-28(25)31/h1-22H,23H2. The second-order valence-electron chi connectivity index (χ2n) is 8.54. The van der Waals surface area contributed by atoms with E-state index in [2.05, 4.69) is 133 Å². The van der Waals surface area contributed by atoms with Gasteiger partial charge in [-0.15, -0.1) is 0 Å². The van der Waals surface area contributed by atoms with E-state index in [-0.39, 0.29) is 5.41 Å². The molecule has 32 heavy (non-hydrogen) atoms. The molecule has 5 aromatic rings. The summed E-state index contributed by atoms with van der Waals surface area (Å²) in [5.41, 5.74) is 5.08. The average molecular weight is 409 g/mol. The van der Waals surface area contributed by atoms with E-state index >= 15 is 0 Å². The molecule has 0 nitrogen and oxygen atoms in total. The first-order valence-corrected chi connectivity index (χ1v) is 11.3. The van der Waals surface area contributed by atoms with E-state index in [9.17, 15) is 0 Å². The van der Waals surface area contributed by atoms with Gasteiger partial charge >= 0.3 is 0 Å². The third kappa shape index (κ3) is 2.84. The van der Waals surface area contributed by atoms with Gasteiger partial charge in [-0.05, 0) is 50.2 Å². The van der Waals surface area contributed by atoms with Crippen LogP contribution in [0.25, 0.3) is 27.1 Å². The molecule has 6 rings (SSSR count). The van der Waals surface area contributed by atoms with Gasteiger partial charge in [-0.1, -0.05) is 133 Å². The fraction of sp³-hybridized carbons (Fsp3) is 0.0625. The van der Waals surface area contributed by atoms with Crippen molar-refractivity contribution in [2.75, 3.05) is 0 Å². The first-order chi connectivity index (χ1) is 15.9. The van der Waals surface area contributed by atoms with Crippen LogP contribution in [0.15, 0.2) is 133 Å². The molecule has 0 aromatic heterocycles. The summed E-state index contributed by atoms with van der Waals surface area (Å²) in [5, 5.41) is 5.21. The molecule has 0 amide bonds. The maximum atomic E-state index is 2.33. The van der Waals surface area contributed by atoms with Crippen LogP contribution in [0.3, 0.4) is 0 Å². The Balaban J connectivity index is 1.77. The predicted molar refractivity (Wildman–Crippen MR) is 137 cm³/mol. The highest BCUT2D eigenvalue weighted by Crippen LogP contribution is 2.52. The highest BCUT2D eigenvalue weighted by atomic mass is 14.4. The van der Waals surface area contributed by atoms with Gasteiger partial charge in [0, 0.05) is 0 Å². The zero-order valence-corrected chi connectivity index (χ0v) is 17.9. The Morgan fingerprint density at radius 1 is 0.500 bits per heavy atom. The van der Waals surface area contributed by atoms with Crippen molar-refractivity contribution in [1.29, 1.82) is 0 Å². The zero-order valence-electron chi connectivity index (χ0n) is 17.9. The first kappa shape index (κ1) is 18.8. The van der Waals surface area contributed by atoms with Gasteiger partial charge in [0.2, 0.25) is 0 Å². The highest BCUT2D eigenvalue weighted by Gasteiger charge is 2.40. The van der Waals surface area contributed by atoms with Crippen LogP contribution in [-0.4, -0.2) is 0 Å². The molecule has 5 aromatic carbocycles. The molecule has 0 aliphatic heterocycles. The molecule has 0 heteroatoms. The third-order valence-corrected chi connectivity index (χ3v) is 6.87. The Kier molecular flexibility index (Phi) is 4.51. The van der Waals surface area contributed by atoms with Crippen molar-refractivity contribution >= 4 is 27.1 Å². The van der Waals surface area contributed by atoms with E-state index in [1.165, 1.54) is 43.8 Å². The van der Waals surface area contributed by atoms with Crippen molar-refractivity contribution in [3.8, 4) is 0 Å². The van der Waals surface area contributed by atoms with Crippen molar-refractivity contribution in [1.82, 2.24) is 0 Å². The van der Waals surface area contributed by atoms with Gasteiger partial charge in [-0.2, -0.15) is 0 Å². The topological polar surface area (TPSA) is 0 Å². The van der Waals surface area contributed by atoms with Crippen LogP contribution >= 0.6 is 0 Å². The molecule has 0 N–H and O–H groups in total. The van der Waals surface area contributed by atoms with Crippen molar-refractivity contribution in [2.24, 2.45) is 0 Å². The minimum absolute atomic E-state index is 0.280. The predicted octanol–water partition coefficient (Wildman–Crippen LogP) is 8.32. The summed E-state index contributed by atoms with van der Waals surface area (Å²) < 4.78 is 0. The van der Waals surface area contributed by atoms with E-state index in [1.54, 1.807) is 0 Å². The molecule has 152 valence electrons. The quantitative estimate of drug-likeness (QED) is 0.281. The van der Waals surface area contributed by atoms with Crippen LogP contribution in [0.4, 0.5) is 0 Å². The second kappa shape index (κ2) is 7.66. The molecule has 0 radical (unpaired) electrons. The van der Waals surface area contributed by atoms with Crippen LogP contribution in [-0.2, 0) is 5.41 Å². The Morgan fingerprint density at radius 3 is 1.66 bits per heavy atom. The summed E-state index contributed by atoms with van der Waals surface area (Å²) in [5.74, 6) is 0. The minimum Gasteiger partial charge on any atom is -0.0830 e. The lowest BCUT2D eigenvalue weighted by Gasteiger charge is -2.40. The maximum Gasteiger partial charge on any atom is 0.0503 e. The smallest absolute Gasteiger partial charge is 0.0503 e. The lowest BCUT2D eigenvalue weighted by atomic mass is 9.62. The number of hydrogen-bond acceptors (Lipinski definition) is 0. The lowest BCUT2D eigenvalue weighted by Crippen LogP contribution is -2.31. The SMILES string of the molecule is C1=CCC(c2cccc3ccccc23)(c2cccc3ccccc23)C(c2ccccc2)=C1. The Hall–Kier alpha value is -3.90. The van der Waals surface area contributed by atoms with E-state index < -0.39 is 0 Å². The van der Waals surface area contributed by atoms with Gasteiger partial charge in [0.1, 0.15) is 0 Å². The summed E-state index contributed by atoms with van der Waals surface area (Å²) in [4.78, 5) is 0. The molecule has 1 aliphatic rings. The fourth-order valence-electron chi connectivity index (χ4n) is 5.47. The summed E-state index contributed by atoms with van der Waals surface area (Å²) in [6.07, 6.45) is 7.80. The largest absolute Gasteiger partial charge is 0.0830 e. The molecule has 0 bridgehead atoms. The molecule has 0 unspecified atom stereocenters. The van der Waals surface area contributed by atoms with Crippen molar-refractivity contribution in [3.05, 3.63) is 150 Å². The van der Waals surface area contributed by atoms with E-state index in [1.807, 2.05) is 0 Å². The molecule has 0 fully saturated rings. The number of rotatable bonds is 3. The maximum absolute atomic E-state index is 2.33. The Bertz CT molecular complexity index is 1400. The van der Waals surface area contributed by atoms with Gasteiger partial charge in [0.05, 0.1) is 5.41 Å². The van der Waals surface area contributed by atoms with E-state index in [4.69, 9.17) is 0 Å². The molecular formula is C32H24. The first-order valence-electron chi connectivity index (χ1n) is 11.3. The average Bonchev–Trinajstić information content (AvgIpc) is 2.88. The van der Waals surface area contributed by atoms with E-state index in [0.717, 1.165) is 6.42 Å². The molecule has 0 atom stereocenters. The second-order valence-corrected chi connectivity index (χ2v) is 8.54. The number of benzene rings is 5. The summed E-state index contributed by atoms with van der Waals surface area (Å²) >= 11 is 0.